The Labute approximate surface area is 156 Å². The van der Waals surface area contributed by atoms with Gasteiger partial charge >= 0.3 is 11.4 Å². The molecular formula is C16H13N5O7. The van der Waals surface area contributed by atoms with Crippen LogP contribution in [0.5, 0.6) is 5.75 Å². The van der Waals surface area contributed by atoms with Gasteiger partial charge in [-0.05, 0) is 29.8 Å². The number of aromatic hydroxyl groups is 1. The van der Waals surface area contributed by atoms with Gasteiger partial charge in [0.2, 0.25) is 0 Å². The Morgan fingerprint density at radius 1 is 0.893 bits per heavy atom. The van der Waals surface area contributed by atoms with Gasteiger partial charge in [-0.2, -0.15) is 0 Å². The number of hydrogen-bond acceptors (Lipinski definition) is 8. The Balaban J connectivity index is 0.000000207. The summed E-state index contributed by atoms with van der Waals surface area (Å²) in [7, 11) is 0. The van der Waals surface area contributed by atoms with Gasteiger partial charge < -0.3 is 9.67 Å². The van der Waals surface area contributed by atoms with Gasteiger partial charge in [0, 0.05) is 31.3 Å². The van der Waals surface area contributed by atoms with E-state index in [9.17, 15) is 30.3 Å². The SMILES string of the molecule is O=[N+]([O-])c1cc([N+](=O)[O-])c(O)c([N+](=O)[O-])c1.c1ccn(Cc2ccncc2)c1. The van der Waals surface area contributed by atoms with Gasteiger partial charge in [-0.3, -0.25) is 35.3 Å². The first kappa shape index (κ1) is 20.0. The summed E-state index contributed by atoms with van der Waals surface area (Å²) in [6.07, 6.45) is 7.75. The molecule has 0 amide bonds. The van der Waals surface area contributed by atoms with Gasteiger partial charge in [0.1, 0.15) is 0 Å². The van der Waals surface area contributed by atoms with Crippen molar-refractivity contribution in [2.45, 2.75) is 6.54 Å². The second kappa shape index (κ2) is 8.84. The van der Waals surface area contributed by atoms with Crippen molar-refractivity contribution >= 4 is 17.1 Å². The Morgan fingerprint density at radius 3 is 1.82 bits per heavy atom. The lowest BCUT2D eigenvalue weighted by Crippen LogP contribution is -1.97. The molecule has 28 heavy (non-hydrogen) atoms. The minimum Gasteiger partial charge on any atom is -0.497 e. The van der Waals surface area contributed by atoms with Crippen LogP contribution in [0.4, 0.5) is 17.1 Å². The maximum atomic E-state index is 10.4. The minimum atomic E-state index is -1.21. The van der Waals surface area contributed by atoms with Crippen molar-refractivity contribution in [3.8, 4) is 5.75 Å². The molecule has 1 aromatic carbocycles. The molecule has 0 aliphatic rings. The molecule has 0 radical (unpaired) electrons. The lowest BCUT2D eigenvalue weighted by atomic mass is 10.2. The molecule has 0 aliphatic carbocycles. The Morgan fingerprint density at radius 2 is 1.39 bits per heavy atom. The molecule has 0 saturated heterocycles. The molecule has 0 aliphatic heterocycles. The molecular weight excluding hydrogens is 374 g/mol. The van der Waals surface area contributed by atoms with Crippen molar-refractivity contribution in [2.75, 3.05) is 0 Å². The average Bonchev–Trinajstić information content (AvgIpc) is 3.15. The van der Waals surface area contributed by atoms with Gasteiger partial charge in [0.05, 0.1) is 26.9 Å². The molecule has 144 valence electrons. The molecule has 12 nitrogen and oxygen atoms in total. The van der Waals surface area contributed by atoms with E-state index < -0.39 is 37.6 Å². The highest BCUT2D eigenvalue weighted by Gasteiger charge is 2.30. The zero-order valence-electron chi connectivity index (χ0n) is 14.1. The van der Waals surface area contributed by atoms with Crippen molar-refractivity contribution in [3.63, 3.8) is 0 Å². The zero-order valence-corrected chi connectivity index (χ0v) is 14.1. The molecule has 0 spiro atoms. The van der Waals surface area contributed by atoms with Crippen LogP contribution in [-0.4, -0.2) is 29.4 Å². The number of benzene rings is 1. The van der Waals surface area contributed by atoms with E-state index in [1.807, 2.05) is 36.7 Å². The van der Waals surface area contributed by atoms with Crippen LogP contribution >= 0.6 is 0 Å². The molecule has 12 heteroatoms. The number of pyridine rings is 1. The maximum Gasteiger partial charge on any atom is 0.324 e. The van der Waals surface area contributed by atoms with Crippen molar-refractivity contribution in [1.29, 1.82) is 0 Å². The van der Waals surface area contributed by atoms with Crippen molar-refractivity contribution in [1.82, 2.24) is 9.55 Å². The van der Waals surface area contributed by atoms with E-state index in [0.717, 1.165) is 6.54 Å². The van der Waals surface area contributed by atoms with Crippen molar-refractivity contribution in [2.24, 2.45) is 0 Å². The molecule has 3 aromatic rings. The highest BCUT2D eigenvalue weighted by Crippen LogP contribution is 2.38. The summed E-state index contributed by atoms with van der Waals surface area (Å²) < 4.78 is 2.13. The lowest BCUT2D eigenvalue weighted by molar-refractivity contribution is -0.404. The molecule has 0 saturated carbocycles. The largest absolute Gasteiger partial charge is 0.497 e. The van der Waals surface area contributed by atoms with Crippen LogP contribution in [0.15, 0.2) is 61.2 Å². The predicted octanol–water partition coefficient (Wildman–Crippen LogP) is 3.05. The number of rotatable bonds is 5. The number of nitrogens with zero attached hydrogens (tertiary/aromatic N) is 5. The fourth-order valence-electron chi connectivity index (χ4n) is 2.15. The van der Waals surface area contributed by atoms with Gasteiger partial charge in [-0.15, -0.1) is 0 Å². The van der Waals surface area contributed by atoms with Crippen molar-refractivity contribution in [3.05, 3.63) is 97.1 Å². The highest BCUT2D eigenvalue weighted by molar-refractivity contribution is 5.64. The zero-order chi connectivity index (χ0) is 20.7. The summed E-state index contributed by atoms with van der Waals surface area (Å²) in [5, 5.41) is 40.2. The highest BCUT2D eigenvalue weighted by atomic mass is 16.6. The van der Waals surface area contributed by atoms with Gasteiger partial charge in [0.15, 0.2) is 0 Å². The van der Waals surface area contributed by atoms with Crippen LogP contribution in [0, 0.1) is 30.3 Å². The van der Waals surface area contributed by atoms with E-state index in [2.05, 4.69) is 21.9 Å². The predicted molar refractivity (Wildman–Crippen MR) is 95.8 cm³/mol. The molecule has 0 atom stereocenters. The molecule has 0 unspecified atom stereocenters. The Bertz CT molecular complexity index is 955. The lowest BCUT2D eigenvalue weighted by Gasteiger charge is -2.01. The number of non-ortho nitro benzene ring substituents is 1. The van der Waals surface area contributed by atoms with E-state index in [1.165, 1.54) is 5.56 Å². The first-order valence-electron chi connectivity index (χ1n) is 7.59. The number of phenolic OH excluding ortho intramolecular Hbond substituents is 1. The Hall–Kier alpha value is -4.35. The van der Waals surface area contributed by atoms with E-state index >= 15 is 0 Å². The fraction of sp³-hybridized carbons (Fsp3) is 0.0625. The van der Waals surface area contributed by atoms with Crippen LogP contribution in [0.3, 0.4) is 0 Å². The third-order valence-electron chi connectivity index (χ3n) is 3.44. The summed E-state index contributed by atoms with van der Waals surface area (Å²) in [5.74, 6) is -1.21. The number of nitro benzene ring substituents is 3. The minimum absolute atomic E-state index is 0.447. The monoisotopic (exact) mass is 387 g/mol. The Kier molecular flexibility index (Phi) is 6.31. The standard InChI is InChI=1S/C10H10N2.C6H3N3O7/c1-2-8-12(7-1)9-10-3-5-11-6-4-10;10-6-4(8(13)14)1-3(7(11)12)2-5(6)9(15)16/h1-8H,9H2;1-2,10H. The fourth-order valence-corrected chi connectivity index (χ4v) is 2.15. The van der Waals surface area contributed by atoms with Crippen LogP contribution < -0.4 is 0 Å². The smallest absolute Gasteiger partial charge is 0.324 e. The second-order valence-corrected chi connectivity index (χ2v) is 5.31. The molecule has 0 bridgehead atoms. The molecule has 2 aromatic heterocycles. The van der Waals surface area contributed by atoms with Crippen LogP contribution in [-0.2, 0) is 6.54 Å². The first-order valence-corrected chi connectivity index (χ1v) is 7.59. The average molecular weight is 387 g/mol. The van der Waals surface area contributed by atoms with Gasteiger partial charge in [-0.25, -0.2) is 0 Å². The van der Waals surface area contributed by atoms with E-state index in [1.54, 1.807) is 0 Å². The summed E-state index contributed by atoms with van der Waals surface area (Å²) in [4.78, 5) is 31.7. The first-order chi connectivity index (χ1) is 13.3. The quantitative estimate of drug-likeness (QED) is 0.514. The van der Waals surface area contributed by atoms with Crippen LogP contribution in [0.25, 0.3) is 0 Å². The molecule has 2 heterocycles. The summed E-state index contributed by atoms with van der Waals surface area (Å²) >= 11 is 0. The number of hydrogen-bond donors (Lipinski definition) is 1. The number of aromatic nitrogens is 2. The molecule has 1 N–H and O–H groups in total. The molecule has 0 fully saturated rings. The second-order valence-electron chi connectivity index (χ2n) is 5.31. The third-order valence-corrected chi connectivity index (χ3v) is 3.44. The van der Waals surface area contributed by atoms with Crippen LogP contribution in [0.1, 0.15) is 5.56 Å². The third kappa shape index (κ3) is 5.08. The van der Waals surface area contributed by atoms with E-state index in [-0.39, 0.29) is 0 Å². The summed E-state index contributed by atoms with van der Waals surface area (Å²) in [6.45, 7) is 0.926. The number of nitro groups is 3. The van der Waals surface area contributed by atoms with Gasteiger partial charge in [0.25, 0.3) is 11.4 Å². The summed E-state index contributed by atoms with van der Waals surface area (Å²) in [6, 6.07) is 9.01. The van der Waals surface area contributed by atoms with Crippen LogP contribution in [0.2, 0.25) is 0 Å². The van der Waals surface area contributed by atoms with E-state index in [4.69, 9.17) is 5.11 Å². The molecule has 3 rings (SSSR count). The normalized spacial score (nSPS) is 9.86. The van der Waals surface area contributed by atoms with Gasteiger partial charge in [-0.1, -0.05) is 0 Å². The maximum absolute atomic E-state index is 10.4. The van der Waals surface area contributed by atoms with E-state index in [0.29, 0.717) is 12.1 Å². The topological polar surface area (TPSA) is 167 Å². The summed E-state index contributed by atoms with van der Waals surface area (Å²) in [5.41, 5.74) is -1.72. The number of phenols is 1. The van der Waals surface area contributed by atoms with Crippen molar-refractivity contribution < 1.29 is 19.9 Å².